The van der Waals surface area contributed by atoms with Crippen molar-refractivity contribution in [1.29, 1.82) is 0 Å². The fourth-order valence-electron chi connectivity index (χ4n) is 3.83. The molecule has 4 rings (SSSR count). The summed E-state index contributed by atoms with van der Waals surface area (Å²) in [5, 5.41) is 0. The van der Waals surface area contributed by atoms with E-state index in [9.17, 15) is 0 Å². The molecule has 0 radical (unpaired) electrons. The third-order valence-electron chi connectivity index (χ3n) is 4.97. The van der Waals surface area contributed by atoms with Crippen molar-refractivity contribution >= 4 is 11.1 Å². The second-order valence-corrected chi connectivity index (χ2v) is 7.07. The SMILES string of the molecule is Cc1cc(C)c(-n2c(-c3cccc4oc(C)nc34)nc(C)c2C)c(C)c1. The number of oxazole rings is 1. The van der Waals surface area contributed by atoms with Gasteiger partial charge in [-0.25, -0.2) is 9.97 Å². The molecule has 0 unspecified atom stereocenters. The molecule has 0 saturated heterocycles. The number of rotatable bonds is 2. The fraction of sp³-hybridized carbons (Fsp3) is 0.273. The Labute approximate surface area is 153 Å². The third kappa shape index (κ3) is 2.45. The van der Waals surface area contributed by atoms with Crippen LogP contribution >= 0.6 is 0 Å². The Balaban J connectivity index is 2.08. The van der Waals surface area contributed by atoms with E-state index >= 15 is 0 Å². The Bertz CT molecular complexity index is 1120. The molecule has 4 nitrogen and oxygen atoms in total. The molecule has 0 fully saturated rings. The number of nitrogens with zero attached hydrogens (tertiary/aromatic N) is 3. The van der Waals surface area contributed by atoms with Crippen LogP contribution in [0.4, 0.5) is 0 Å². The zero-order valence-corrected chi connectivity index (χ0v) is 16.1. The van der Waals surface area contributed by atoms with E-state index in [1.807, 2.05) is 19.1 Å². The molecule has 0 N–H and O–H groups in total. The maximum atomic E-state index is 5.73. The van der Waals surface area contributed by atoms with E-state index in [4.69, 9.17) is 9.40 Å². The van der Waals surface area contributed by atoms with Gasteiger partial charge in [-0.3, -0.25) is 4.57 Å². The maximum Gasteiger partial charge on any atom is 0.192 e. The number of aryl methyl sites for hydroxylation is 5. The van der Waals surface area contributed by atoms with Crippen molar-refractivity contribution in [3.63, 3.8) is 0 Å². The Morgan fingerprint density at radius 2 is 1.58 bits per heavy atom. The highest BCUT2D eigenvalue weighted by Crippen LogP contribution is 2.34. The number of hydrogen-bond acceptors (Lipinski definition) is 3. The second-order valence-electron chi connectivity index (χ2n) is 7.07. The molecule has 0 aliphatic rings. The molecule has 0 spiro atoms. The summed E-state index contributed by atoms with van der Waals surface area (Å²) >= 11 is 0. The van der Waals surface area contributed by atoms with Gasteiger partial charge in [-0.15, -0.1) is 0 Å². The van der Waals surface area contributed by atoms with Gasteiger partial charge in [0.1, 0.15) is 11.3 Å². The molecular formula is C22H23N3O. The first-order valence-corrected chi connectivity index (χ1v) is 8.87. The van der Waals surface area contributed by atoms with Crippen molar-refractivity contribution in [3.8, 4) is 17.1 Å². The van der Waals surface area contributed by atoms with E-state index in [1.165, 1.54) is 22.4 Å². The van der Waals surface area contributed by atoms with Gasteiger partial charge in [0.05, 0.1) is 11.4 Å². The maximum absolute atomic E-state index is 5.73. The molecule has 4 aromatic rings. The highest BCUT2D eigenvalue weighted by molar-refractivity contribution is 5.89. The number of hydrogen-bond donors (Lipinski definition) is 0. The van der Waals surface area contributed by atoms with Crippen LogP contribution in [0.1, 0.15) is 34.0 Å². The van der Waals surface area contributed by atoms with Crippen LogP contribution in [0.25, 0.3) is 28.2 Å². The summed E-state index contributed by atoms with van der Waals surface area (Å²) in [4.78, 5) is 9.50. The minimum atomic E-state index is 0.668. The highest BCUT2D eigenvalue weighted by atomic mass is 16.3. The number of para-hydroxylation sites is 1. The predicted octanol–water partition coefficient (Wildman–Crippen LogP) is 5.53. The van der Waals surface area contributed by atoms with Gasteiger partial charge >= 0.3 is 0 Å². The van der Waals surface area contributed by atoms with Gasteiger partial charge in [0.2, 0.25) is 0 Å². The first kappa shape index (κ1) is 16.6. The lowest BCUT2D eigenvalue weighted by atomic mass is 10.0. The summed E-state index contributed by atoms with van der Waals surface area (Å²) in [6.07, 6.45) is 0. The summed E-state index contributed by atoms with van der Waals surface area (Å²) in [5.41, 5.74) is 9.77. The fourth-order valence-corrected chi connectivity index (χ4v) is 3.83. The number of imidazole rings is 1. The topological polar surface area (TPSA) is 43.9 Å². The van der Waals surface area contributed by atoms with Gasteiger partial charge < -0.3 is 4.42 Å². The molecule has 4 heteroatoms. The summed E-state index contributed by atoms with van der Waals surface area (Å²) in [7, 11) is 0. The van der Waals surface area contributed by atoms with Crippen molar-refractivity contribution in [1.82, 2.24) is 14.5 Å². The predicted molar refractivity (Wildman–Crippen MR) is 105 cm³/mol. The summed E-state index contributed by atoms with van der Waals surface area (Å²) in [6, 6.07) is 10.5. The molecule has 0 bridgehead atoms. The summed E-state index contributed by atoms with van der Waals surface area (Å²) in [5.74, 6) is 1.58. The van der Waals surface area contributed by atoms with Crippen molar-refractivity contribution in [3.05, 3.63) is 64.3 Å². The lowest BCUT2D eigenvalue weighted by Crippen LogP contribution is -2.05. The largest absolute Gasteiger partial charge is 0.441 e. The van der Waals surface area contributed by atoms with Crippen LogP contribution < -0.4 is 0 Å². The van der Waals surface area contributed by atoms with Crippen LogP contribution in [0.15, 0.2) is 34.7 Å². The molecule has 132 valence electrons. The van der Waals surface area contributed by atoms with Gasteiger partial charge in [0, 0.05) is 18.2 Å². The smallest absolute Gasteiger partial charge is 0.192 e. The second kappa shape index (κ2) is 5.84. The van der Waals surface area contributed by atoms with Crippen molar-refractivity contribution in [2.24, 2.45) is 0 Å². The van der Waals surface area contributed by atoms with Crippen LogP contribution in [0.2, 0.25) is 0 Å². The average molecular weight is 345 g/mol. The third-order valence-corrected chi connectivity index (χ3v) is 4.97. The number of aromatic nitrogens is 3. The van der Waals surface area contributed by atoms with E-state index in [-0.39, 0.29) is 0 Å². The van der Waals surface area contributed by atoms with Crippen LogP contribution in [0, 0.1) is 41.5 Å². The zero-order chi connectivity index (χ0) is 18.6. The molecule has 0 saturated carbocycles. The minimum Gasteiger partial charge on any atom is -0.441 e. The lowest BCUT2D eigenvalue weighted by molar-refractivity contribution is 0.561. The monoisotopic (exact) mass is 345 g/mol. The Hall–Kier alpha value is -2.88. The lowest BCUT2D eigenvalue weighted by Gasteiger charge is -2.17. The molecule has 0 aliphatic heterocycles. The first-order chi connectivity index (χ1) is 12.4. The van der Waals surface area contributed by atoms with Gasteiger partial charge in [0.15, 0.2) is 11.5 Å². The van der Waals surface area contributed by atoms with E-state index in [2.05, 4.69) is 62.4 Å². The Morgan fingerprint density at radius 1 is 0.885 bits per heavy atom. The van der Waals surface area contributed by atoms with E-state index in [0.29, 0.717) is 5.89 Å². The molecule has 0 aliphatic carbocycles. The van der Waals surface area contributed by atoms with Crippen LogP contribution in [0.3, 0.4) is 0 Å². The van der Waals surface area contributed by atoms with Gasteiger partial charge in [0.25, 0.3) is 0 Å². The quantitative estimate of drug-likeness (QED) is 0.480. The van der Waals surface area contributed by atoms with Crippen molar-refractivity contribution in [2.45, 2.75) is 41.5 Å². The van der Waals surface area contributed by atoms with Crippen molar-refractivity contribution < 1.29 is 4.42 Å². The average Bonchev–Trinajstić information content (AvgIpc) is 3.07. The first-order valence-electron chi connectivity index (χ1n) is 8.87. The molecule has 0 amide bonds. The van der Waals surface area contributed by atoms with Crippen LogP contribution in [-0.2, 0) is 0 Å². The Kier molecular flexibility index (Phi) is 3.72. The van der Waals surface area contributed by atoms with E-state index in [1.54, 1.807) is 0 Å². The zero-order valence-electron chi connectivity index (χ0n) is 16.1. The molecular weight excluding hydrogens is 322 g/mol. The van der Waals surface area contributed by atoms with Crippen molar-refractivity contribution in [2.75, 3.05) is 0 Å². The summed E-state index contributed by atoms with van der Waals surface area (Å²) in [6.45, 7) is 12.5. The molecule has 26 heavy (non-hydrogen) atoms. The van der Waals surface area contributed by atoms with Gasteiger partial charge in [-0.2, -0.15) is 0 Å². The number of fused-ring (bicyclic) bond motifs is 1. The molecule has 2 aromatic carbocycles. The molecule has 0 atom stereocenters. The minimum absolute atomic E-state index is 0.668. The molecule has 2 aromatic heterocycles. The summed E-state index contributed by atoms with van der Waals surface area (Å²) < 4.78 is 7.99. The van der Waals surface area contributed by atoms with Gasteiger partial charge in [-0.05, 0) is 57.9 Å². The number of benzene rings is 2. The Morgan fingerprint density at radius 3 is 2.27 bits per heavy atom. The van der Waals surface area contributed by atoms with Crippen LogP contribution in [-0.4, -0.2) is 14.5 Å². The molecule has 2 heterocycles. The van der Waals surface area contributed by atoms with E-state index < -0.39 is 0 Å². The highest BCUT2D eigenvalue weighted by Gasteiger charge is 2.20. The normalized spacial score (nSPS) is 11.5. The van der Waals surface area contributed by atoms with Gasteiger partial charge in [-0.1, -0.05) is 23.8 Å². The standard InChI is InChI=1S/C22H23N3O/c1-12-10-13(2)21(14(3)11-12)25-16(5)15(4)23-22(25)18-8-7-9-19-20(18)24-17(6)26-19/h7-11H,1-6H3. The van der Waals surface area contributed by atoms with E-state index in [0.717, 1.165) is 33.9 Å². The van der Waals surface area contributed by atoms with Crippen LogP contribution in [0.5, 0.6) is 0 Å².